The van der Waals surface area contributed by atoms with Crippen LogP contribution < -0.4 is 10.6 Å². The van der Waals surface area contributed by atoms with Gasteiger partial charge in [0.1, 0.15) is 13.1 Å². The number of fused-ring (bicyclic) bond motifs is 1. The van der Waals surface area contributed by atoms with E-state index >= 15 is 0 Å². The van der Waals surface area contributed by atoms with E-state index in [0.717, 1.165) is 55.7 Å². The summed E-state index contributed by atoms with van der Waals surface area (Å²) in [7, 11) is 0. The molecule has 0 aromatic heterocycles. The van der Waals surface area contributed by atoms with Crippen LogP contribution in [0.5, 0.6) is 0 Å². The van der Waals surface area contributed by atoms with Crippen LogP contribution in [0.2, 0.25) is 0 Å². The van der Waals surface area contributed by atoms with Crippen molar-refractivity contribution in [2.75, 3.05) is 18.0 Å². The molecule has 2 aliphatic carbocycles. The van der Waals surface area contributed by atoms with Gasteiger partial charge in [-0.15, -0.1) is 17.1 Å². The quantitative estimate of drug-likeness (QED) is 0.243. The molecule has 0 radical (unpaired) electrons. The number of quaternary nitrogens is 1. The Morgan fingerprint density at radius 3 is 2.02 bits per heavy atom. The number of nitrogens with two attached hydrogens (primary N) is 1. The molecule has 0 spiro atoms. The number of aliphatic imine (C=N–C) groups is 1. The van der Waals surface area contributed by atoms with Crippen LogP contribution in [0.3, 0.4) is 0 Å². The molecule has 1 heterocycles. The first-order valence-electron chi connectivity index (χ1n) is 14.3. The highest BCUT2D eigenvalue weighted by molar-refractivity contribution is 5.85. The molecule has 2 unspecified atom stereocenters. The zero-order chi connectivity index (χ0) is 29.6. The van der Waals surface area contributed by atoms with Crippen LogP contribution in [0, 0.1) is 5.92 Å². The van der Waals surface area contributed by atoms with Gasteiger partial charge < -0.3 is 10.6 Å². The van der Waals surface area contributed by atoms with Crippen molar-refractivity contribution >= 4 is 24.1 Å². The van der Waals surface area contributed by atoms with Crippen molar-refractivity contribution in [2.45, 2.75) is 90.5 Å². The minimum Gasteiger partial charge on any atom is -0.371 e. The third-order valence-electron chi connectivity index (χ3n) is 8.57. The molecule has 0 amide bonds. The van der Waals surface area contributed by atoms with Crippen molar-refractivity contribution in [3.05, 3.63) is 63.7 Å². The number of hydrogen-bond donors (Lipinski definition) is 1. The Morgan fingerprint density at radius 1 is 0.905 bits per heavy atom. The second-order valence-corrected chi connectivity index (χ2v) is 11.6. The van der Waals surface area contributed by atoms with Crippen molar-refractivity contribution in [2.24, 2.45) is 16.6 Å². The fourth-order valence-corrected chi connectivity index (χ4v) is 6.62. The van der Waals surface area contributed by atoms with Gasteiger partial charge in [0.15, 0.2) is 0 Å². The van der Waals surface area contributed by atoms with E-state index in [4.69, 9.17) is 10.6 Å². The molecule has 1 saturated carbocycles. The molecule has 1 aliphatic heterocycles. The Labute approximate surface area is 248 Å². The molecule has 2 aromatic rings. The van der Waals surface area contributed by atoms with Gasteiger partial charge >= 0.3 is 18.3 Å². The first kappa shape index (κ1) is 32.4. The Kier molecular flexibility index (Phi) is 9.45. The van der Waals surface area contributed by atoms with Gasteiger partial charge in [-0.2, -0.15) is 36.2 Å². The maximum absolute atomic E-state index is 13.6. The van der Waals surface area contributed by atoms with Gasteiger partial charge in [-0.1, -0.05) is 12.8 Å². The first-order chi connectivity index (χ1) is 19.3. The second kappa shape index (κ2) is 12.2. The highest BCUT2D eigenvalue weighted by atomic mass is 35.5. The van der Waals surface area contributed by atoms with Crippen molar-refractivity contribution in [1.29, 1.82) is 0 Å². The van der Waals surface area contributed by atoms with Crippen molar-refractivity contribution < 1.29 is 35.8 Å². The molecule has 232 valence electrons. The summed E-state index contributed by atoms with van der Waals surface area (Å²) >= 11 is 0. The molecule has 12 heteroatoms. The molecule has 42 heavy (non-hydrogen) atoms. The standard InChI is InChI=1S/C30H37F6N4O.ClH/c1-3-39(16-20-7-4-5-8-20)27-14-23-10-6-9-22(23)13-24(27)18-40(28(37)38-19(2)41-40)17-21-11-25(29(31,32)33)15-26(12-21)30(34,35)36;/h11-15,19-20H,3-10,16-18H2,1-2H3,(H2,37,38);1H/q+1;. The predicted molar refractivity (Wildman–Crippen MR) is 152 cm³/mol. The lowest BCUT2D eigenvalue weighted by molar-refractivity contribution is -1.06. The zero-order valence-corrected chi connectivity index (χ0v) is 24.6. The molecule has 2 atom stereocenters. The lowest BCUT2D eigenvalue weighted by Gasteiger charge is -2.34. The summed E-state index contributed by atoms with van der Waals surface area (Å²) in [6.07, 6.45) is -2.89. The monoisotopic (exact) mass is 619 g/mol. The Balaban J connectivity index is 0.00000405. The molecular formula is C30H38ClF6N4O+. The number of halogens is 7. The van der Waals surface area contributed by atoms with E-state index in [1.807, 2.05) is 0 Å². The lowest BCUT2D eigenvalue weighted by Crippen LogP contribution is -2.52. The van der Waals surface area contributed by atoms with E-state index in [9.17, 15) is 26.3 Å². The normalized spacial score (nSPS) is 22.7. The number of hydrogen-bond acceptors (Lipinski definition) is 4. The molecule has 3 aliphatic rings. The van der Waals surface area contributed by atoms with E-state index in [2.05, 4.69) is 28.9 Å². The van der Waals surface area contributed by atoms with Crippen LogP contribution in [0.25, 0.3) is 0 Å². The average Bonchev–Trinajstić information content (AvgIpc) is 3.62. The fraction of sp³-hybridized carbons (Fsp3) is 0.567. The van der Waals surface area contributed by atoms with Crippen LogP contribution in [0.1, 0.15) is 79.3 Å². The van der Waals surface area contributed by atoms with Gasteiger partial charge in [-0.3, -0.25) is 0 Å². The average molecular weight is 620 g/mol. The second-order valence-electron chi connectivity index (χ2n) is 11.6. The van der Waals surface area contributed by atoms with Crippen molar-refractivity contribution in [3.63, 3.8) is 0 Å². The summed E-state index contributed by atoms with van der Waals surface area (Å²) in [5.74, 6) is 0.605. The minimum atomic E-state index is -4.95. The van der Waals surface area contributed by atoms with Gasteiger partial charge in [0.25, 0.3) is 0 Å². The SMILES string of the molecule is CCN(CC1CCCC1)c1cc2c(cc1C[N+]1(Cc3cc(C(F)(F)F)cc(C(F)(F)F)c3)OC(C)N=C1N)CCC2.Cl. The summed E-state index contributed by atoms with van der Waals surface area (Å²) < 4.78 is 81.4. The zero-order valence-electron chi connectivity index (χ0n) is 23.8. The van der Waals surface area contributed by atoms with Crippen LogP contribution in [-0.2, 0) is 43.1 Å². The molecule has 0 bridgehead atoms. The maximum Gasteiger partial charge on any atom is 0.416 e. The van der Waals surface area contributed by atoms with Gasteiger partial charge in [-0.25, -0.2) is 0 Å². The third kappa shape index (κ3) is 6.83. The van der Waals surface area contributed by atoms with E-state index in [1.165, 1.54) is 36.8 Å². The molecule has 0 saturated heterocycles. The van der Waals surface area contributed by atoms with Crippen LogP contribution >= 0.6 is 12.4 Å². The van der Waals surface area contributed by atoms with Gasteiger partial charge in [0.05, 0.1) is 11.1 Å². The van der Waals surface area contributed by atoms with E-state index < -0.39 is 34.4 Å². The van der Waals surface area contributed by atoms with Crippen LogP contribution in [0.4, 0.5) is 32.0 Å². The number of hydroxylamine groups is 3. The summed E-state index contributed by atoms with van der Waals surface area (Å²) in [6.45, 7) is 5.21. The van der Waals surface area contributed by atoms with Crippen LogP contribution in [-0.4, -0.2) is 29.9 Å². The molecular weight excluding hydrogens is 582 g/mol. The summed E-state index contributed by atoms with van der Waals surface area (Å²) in [5.41, 5.74) is 7.90. The maximum atomic E-state index is 13.6. The van der Waals surface area contributed by atoms with Crippen molar-refractivity contribution in [3.8, 4) is 0 Å². The Hall–Kier alpha value is -2.50. The molecule has 1 fully saturated rings. The van der Waals surface area contributed by atoms with E-state index in [1.54, 1.807) is 6.92 Å². The highest BCUT2D eigenvalue weighted by Crippen LogP contribution is 2.40. The number of anilines is 1. The summed E-state index contributed by atoms with van der Waals surface area (Å²) in [5, 5.41) is 0. The number of guanidine groups is 1. The smallest absolute Gasteiger partial charge is 0.371 e. The number of aryl methyl sites for hydroxylation is 2. The minimum absolute atomic E-state index is 0. The molecule has 5 rings (SSSR count). The largest absolute Gasteiger partial charge is 0.416 e. The van der Waals surface area contributed by atoms with Gasteiger partial charge in [0.2, 0.25) is 6.23 Å². The van der Waals surface area contributed by atoms with Gasteiger partial charge in [0, 0.05) is 29.9 Å². The molecule has 2 N–H and O–H groups in total. The van der Waals surface area contributed by atoms with Gasteiger partial charge in [-0.05, 0) is 93.3 Å². The third-order valence-corrected chi connectivity index (χ3v) is 8.57. The van der Waals surface area contributed by atoms with E-state index in [-0.39, 0.29) is 43.1 Å². The molecule has 5 nitrogen and oxygen atoms in total. The number of rotatable bonds is 8. The summed E-state index contributed by atoms with van der Waals surface area (Å²) in [6, 6.07) is 5.97. The Morgan fingerprint density at radius 2 is 1.50 bits per heavy atom. The summed E-state index contributed by atoms with van der Waals surface area (Å²) in [4.78, 5) is 12.8. The topological polar surface area (TPSA) is 50.8 Å². The molecule has 2 aromatic carbocycles. The lowest BCUT2D eigenvalue weighted by atomic mass is 10.00. The van der Waals surface area contributed by atoms with E-state index in [0.29, 0.717) is 5.92 Å². The Bertz CT molecular complexity index is 1280. The predicted octanol–water partition coefficient (Wildman–Crippen LogP) is 7.77. The van der Waals surface area contributed by atoms with Crippen LogP contribution in [0.15, 0.2) is 35.3 Å². The number of nitrogens with zero attached hydrogens (tertiary/aromatic N) is 3. The highest BCUT2D eigenvalue weighted by Gasteiger charge is 2.46. The number of alkyl halides is 6. The first-order valence-corrected chi connectivity index (χ1v) is 14.3. The number of benzene rings is 2. The fourth-order valence-electron chi connectivity index (χ4n) is 6.62. The van der Waals surface area contributed by atoms with Crippen molar-refractivity contribution in [1.82, 2.24) is 0 Å².